The molecule has 2 unspecified atom stereocenters. The molecule has 0 aromatic heterocycles. The van der Waals surface area contributed by atoms with Crippen molar-refractivity contribution in [3.8, 4) is 34.5 Å². The van der Waals surface area contributed by atoms with E-state index in [1.807, 2.05) is 86.0 Å². The molecule has 0 aliphatic carbocycles. The summed E-state index contributed by atoms with van der Waals surface area (Å²) in [6.45, 7) is 7.50. The maximum Gasteiger partial charge on any atom is 0.331 e. The largest absolute Gasteiger partial charge is 0.493 e. The maximum absolute atomic E-state index is 13.8. The summed E-state index contributed by atoms with van der Waals surface area (Å²) in [7, 11) is 2.82. The molecular weight excluding hydrogens is 825 g/mol. The third-order valence-electron chi connectivity index (χ3n) is 12.7. The average molecular weight is 867 g/mol. The van der Waals surface area contributed by atoms with Crippen molar-refractivity contribution >= 4 is 46.8 Å². The quantitative estimate of drug-likeness (QED) is 0.0563. The van der Waals surface area contributed by atoms with Gasteiger partial charge in [0.1, 0.15) is 24.6 Å². The lowest BCUT2D eigenvalue weighted by molar-refractivity contribution is -0.385. The fourth-order valence-electron chi connectivity index (χ4n) is 9.40. The molecule has 16 nitrogen and oxygen atoms in total. The van der Waals surface area contributed by atoms with Crippen LogP contribution in [-0.4, -0.2) is 60.5 Å². The second kappa shape index (κ2) is 14.9. The summed E-state index contributed by atoms with van der Waals surface area (Å²) in [4.78, 5) is 53.6. The van der Waals surface area contributed by atoms with E-state index in [-0.39, 0.29) is 47.5 Å². The molecule has 0 saturated heterocycles. The molecule has 5 aromatic carbocycles. The molecule has 4 heterocycles. The molecule has 2 spiro atoms. The summed E-state index contributed by atoms with van der Waals surface area (Å²) >= 11 is 0. The van der Waals surface area contributed by atoms with Crippen molar-refractivity contribution in [2.45, 2.75) is 50.0 Å². The summed E-state index contributed by atoms with van der Waals surface area (Å²) < 4.78 is 36.4. The smallest absolute Gasteiger partial charge is 0.331 e. The van der Waals surface area contributed by atoms with Crippen molar-refractivity contribution in [3.63, 3.8) is 0 Å². The first-order valence-electron chi connectivity index (χ1n) is 20.3. The Labute approximate surface area is 367 Å². The van der Waals surface area contributed by atoms with Crippen LogP contribution in [0.1, 0.15) is 49.9 Å². The predicted molar refractivity (Wildman–Crippen MR) is 235 cm³/mol. The first-order valence-corrected chi connectivity index (χ1v) is 20.3. The van der Waals surface area contributed by atoms with Gasteiger partial charge in [-0.15, -0.1) is 0 Å². The fourth-order valence-corrected chi connectivity index (χ4v) is 9.40. The van der Waals surface area contributed by atoms with Crippen LogP contribution in [0, 0.1) is 20.2 Å². The molecule has 4 aliphatic heterocycles. The number of nitrogens with zero attached hydrogens (tertiary/aromatic N) is 4. The van der Waals surface area contributed by atoms with Crippen LogP contribution >= 0.6 is 0 Å². The Hall–Kier alpha value is -7.88. The van der Waals surface area contributed by atoms with Gasteiger partial charge in [0.15, 0.2) is 23.0 Å². The van der Waals surface area contributed by atoms with Crippen molar-refractivity contribution < 1.29 is 47.9 Å². The Morgan fingerprint density at radius 2 is 0.969 bits per heavy atom. The maximum atomic E-state index is 13.8. The lowest BCUT2D eigenvalue weighted by atomic mass is 9.76. The van der Waals surface area contributed by atoms with E-state index < -0.39 is 44.1 Å². The summed E-state index contributed by atoms with van der Waals surface area (Å²) in [5.74, 6) is 0.145. The Kier molecular flexibility index (Phi) is 9.65. The van der Waals surface area contributed by atoms with Gasteiger partial charge in [-0.1, -0.05) is 36.4 Å². The second-order valence-corrected chi connectivity index (χ2v) is 16.8. The van der Waals surface area contributed by atoms with E-state index in [1.54, 1.807) is 24.3 Å². The lowest BCUT2D eigenvalue weighted by Gasteiger charge is -2.46. The first kappa shape index (κ1) is 41.5. The third-order valence-corrected chi connectivity index (χ3v) is 12.7. The molecule has 5 aromatic rings. The number of carbonyl (C=O) groups excluding carboxylic acids is 2. The van der Waals surface area contributed by atoms with E-state index in [0.29, 0.717) is 22.6 Å². The minimum Gasteiger partial charge on any atom is -0.493 e. The Morgan fingerprint density at radius 1 is 0.594 bits per heavy atom. The van der Waals surface area contributed by atoms with Crippen molar-refractivity contribution in [2.24, 2.45) is 0 Å². The Balaban J connectivity index is 0.931. The van der Waals surface area contributed by atoms with Crippen LogP contribution in [0.15, 0.2) is 109 Å². The number of non-ortho nitro benzene ring substituents is 2. The number of benzene rings is 5. The number of rotatable bonds is 10. The number of hydrogen-bond acceptors (Lipinski definition) is 14. The summed E-state index contributed by atoms with van der Waals surface area (Å²) in [5, 5.41) is 23.3. The lowest BCUT2D eigenvalue weighted by Crippen LogP contribution is -2.60. The van der Waals surface area contributed by atoms with E-state index in [9.17, 15) is 29.8 Å². The number of fused-ring (bicyclic) bond motifs is 4. The first-order chi connectivity index (χ1) is 30.5. The predicted octanol–water partition coefficient (Wildman–Crippen LogP) is 8.53. The van der Waals surface area contributed by atoms with Crippen molar-refractivity contribution in [1.82, 2.24) is 0 Å². The summed E-state index contributed by atoms with van der Waals surface area (Å²) in [6, 6.07) is 26.8. The standard InChI is InChI=1S/C48H42N4O12/c1-45(2)35-11-7-9-13-37(35)49(47(45)21-19-29-23-31(51(55)56)25-39(59-5)43(29)63-47)27-41(53)61-33-15-17-34(18-16-33)62-42(54)28-50-38-14-10-8-12-36(38)46(3,4)48(50)22-20-30-24-32(52(57)58)26-40(60-6)44(30)64-48/h7-26H,27-28H2,1-6H3. The summed E-state index contributed by atoms with van der Waals surface area (Å²) in [5.41, 5.74) is -0.0583. The number of esters is 2. The molecule has 16 heteroatoms. The number of methoxy groups -OCH3 is 2. The van der Waals surface area contributed by atoms with E-state index in [0.717, 1.165) is 22.5 Å². The zero-order valence-electron chi connectivity index (χ0n) is 35.6. The van der Waals surface area contributed by atoms with E-state index >= 15 is 0 Å². The molecule has 0 saturated carbocycles. The van der Waals surface area contributed by atoms with Gasteiger partial charge >= 0.3 is 11.9 Å². The number of para-hydroxylation sites is 2. The highest BCUT2D eigenvalue weighted by molar-refractivity contribution is 5.85. The SMILES string of the molecule is COc1cc([N+](=O)[O-])cc2c1OC1(C=C2)N(CC(=O)Oc2ccc(OC(=O)CN3c4ccccc4C(C)(C)C34C=Cc3cc([N+](=O)[O-])cc(OC)c3O4)cc2)c2ccccc2C1(C)C. The van der Waals surface area contributed by atoms with Gasteiger partial charge in [-0.25, -0.2) is 9.59 Å². The van der Waals surface area contributed by atoms with Crippen LogP contribution < -0.4 is 38.2 Å². The molecular formula is C48H42N4O12. The normalized spacial score (nSPS) is 20.0. The van der Waals surface area contributed by atoms with Crippen LogP contribution in [0.2, 0.25) is 0 Å². The molecule has 0 amide bonds. The third kappa shape index (κ3) is 6.27. The molecule has 64 heavy (non-hydrogen) atoms. The van der Waals surface area contributed by atoms with Gasteiger partial charge < -0.3 is 38.2 Å². The second-order valence-electron chi connectivity index (χ2n) is 16.8. The number of carbonyl (C=O) groups is 2. The van der Waals surface area contributed by atoms with Crippen LogP contribution in [0.25, 0.3) is 12.2 Å². The zero-order valence-corrected chi connectivity index (χ0v) is 35.6. The zero-order chi connectivity index (χ0) is 45.3. The van der Waals surface area contributed by atoms with Gasteiger partial charge in [-0.05, 0) is 99.5 Å². The van der Waals surface area contributed by atoms with E-state index in [4.69, 9.17) is 28.4 Å². The summed E-state index contributed by atoms with van der Waals surface area (Å²) in [6.07, 6.45) is 7.10. The number of hydrogen-bond donors (Lipinski definition) is 0. The molecule has 0 fully saturated rings. The fraction of sp³-hybridized carbons (Fsp3) is 0.250. The molecule has 0 radical (unpaired) electrons. The molecule has 4 aliphatic rings. The highest BCUT2D eigenvalue weighted by Gasteiger charge is 2.61. The molecule has 2 atom stereocenters. The highest BCUT2D eigenvalue weighted by atomic mass is 16.6. The van der Waals surface area contributed by atoms with E-state index in [2.05, 4.69) is 0 Å². The van der Waals surface area contributed by atoms with Crippen LogP contribution in [-0.2, 0) is 20.4 Å². The number of nitro groups is 2. The molecule has 0 N–H and O–H groups in total. The minimum atomic E-state index is -1.26. The number of anilines is 2. The van der Waals surface area contributed by atoms with Gasteiger partial charge in [-0.2, -0.15) is 0 Å². The average Bonchev–Trinajstić information content (AvgIpc) is 3.56. The Bertz CT molecular complexity index is 2660. The molecule has 326 valence electrons. The van der Waals surface area contributed by atoms with Crippen LogP contribution in [0.5, 0.6) is 34.5 Å². The van der Waals surface area contributed by atoms with Gasteiger partial charge in [0.25, 0.3) is 11.4 Å². The van der Waals surface area contributed by atoms with Gasteiger partial charge in [0.05, 0.1) is 47.0 Å². The molecule has 9 rings (SSSR count). The van der Waals surface area contributed by atoms with Crippen molar-refractivity contribution in [2.75, 3.05) is 37.1 Å². The van der Waals surface area contributed by atoms with Gasteiger partial charge in [0, 0.05) is 34.6 Å². The Morgan fingerprint density at radius 3 is 1.33 bits per heavy atom. The van der Waals surface area contributed by atoms with Crippen molar-refractivity contribution in [1.29, 1.82) is 0 Å². The van der Waals surface area contributed by atoms with Gasteiger partial charge in [0.2, 0.25) is 11.4 Å². The number of ether oxygens (including phenoxy) is 6. The van der Waals surface area contributed by atoms with E-state index in [1.165, 1.54) is 62.8 Å². The number of nitro benzene ring substituents is 2. The minimum absolute atomic E-state index is 0.151. The highest BCUT2D eigenvalue weighted by Crippen LogP contribution is 2.58. The molecule has 0 bridgehead atoms. The topological polar surface area (TPSA) is 182 Å². The monoisotopic (exact) mass is 866 g/mol. The van der Waals surface area contributed by atoms with Crippen LogP contribution in [0.3, 0.4) is 0 Å². The van der Waals surface area contributed by atoms with Crippen molar-refractivity contribution in [3.05, 3.63) is 152 Å². The van der Waals surface area contributed by atoms with Gasteiger partial charge in [-0.3, -0.25) is 20.2 Å². The van der Waals surface area contributed by atoms with Crippen LogP contribution in [0.4, 0.5) is 22.7 Å².